The maximum absolute atomic E-state index is 13.2. The second-order valence-electron chi connectivity index (χ2n) is 7.40. The van der Waals surface area contributed by atoms with Gasteiger partial charge in [-0.2, -0.15) is 0 Å². The number of aliphatic hydroxyl groups is 2. The summed E-state index contributed by atoms with van der Waals surface area (Å²) in [5.74, 6) is -0.681. The Kier molecular flexibility index (Phi) is 5.51. The summed E-state index contributed by atoms with van der Waals surface area (Å²) in [5, 5.41) is 19.7. The van der Waals surface area contributed by atoms with Gasteiger partial charge in [-0.15, -0.1) is 11.6 Å². The Hall–Kier alpha value is -2.02. The smallest absolute Gasteiger partial charge is 0.241 e. The lowest BCUT2D eigenvalue weighted by molar-refractivity contribution is -0.116. The Labute approximate surface area is 162 Å². The molecule has 0 fully saturated rings. The average molecular weight is 393 g/mol. The molecule has 5 nitrogen and oxygen atoms in total. The normalized spacial score (nSPS) is 16.3. The van der Waals surface area contributed by atoms with Gasteiger partial charge in [0.25, 0.3) is 0 Å². The topological polar surface area (TPSA) is 73.7 Å². The number of amides is 1. The maximum atomic E-state index is 13.2. The molecular formula is C20H22ClFN2O3. The minimum absolute atomic E-state index is 0.135. The molecule has 7 heteroatoms. The third kappa shape index (κ3) is 3.83. The summed E-state index contributed by atoms with van der Waals surface area (Å²) in [6.45, 7) is 3.91. The summed E-state index contributed by atoms with van der Waals surface area (Å²) in [7, 11) is 0. The van der Waals surface area contributed by atoms with Gasteiger partial charge >= 0.3 is 0 Å². The molecule has 1 amide bonds. The quantitative estimate of drug-likeness (QED) is 0.767. The fourth-order valence-electron chi connectivity index (χ4n) is 3.45. The van der Waals surface area contributed by atoms with Gasteiger partial charge in [-0.05, 0) is 35.7 Å². The molecule has 144 valence electrons. The van der Waals surface area contributed by atoms with Crippen molar-refractivity contribution < 1.29 is 19.4 Å². The number of alkyl halides is 1. The number of hydrogen-bond donors (Lipinski definition) is 2. The number of pyridine rings is 1. The average Bonchev–Trinajstić information content (AvgIpc) is 2.92. The van der Waals surface area contributed by atoms with E-state index in [4.69, 9.17) is 11.6 Å². The van der Waals surface area contributed by atoms with Crippen LogP contribution in [0.1, 0.15) is 42.5 Å². The van der Waals surface area contributed by atoms with Gasteiger partial charge < -0.3 is 15.1 Å². The van der Waals surface area contributed by atoms with Crippen LogP contribution in [0.15, 0.2) is 30.3 Å². The van der Waals surface area contributed by atoms with Gasteiger partial charge in [-0.1, -0.05) is 26.0 Å². The Morgan fingerprint density at radius 1 is 1.37 bits per heavy atom. The van der Waals surface area contributed by atoms with E-state index in [1.54, 1.807) is 17.0 Å². The summed E-state index contributed by atoms with van der Waals surface area (Å²) in [6, 6.07) is 7.86. The summed E-state index contributed by atoms with van der Waals surface area (Å²) < 4.78 is 13.2. The van der Waals surface area contributed by atoms with Crippen LogP contribution in [-0.2, 0) is 16.6 Å². The van der Waals surface area contributed by atoms with E-state index in [0.29, 0.717) is 35.6 Å². The minimum atomic E-state index is -1.14. The molecule has 1 atom stereocenters. The summed E-state index contributed by atoms with van der Waals surface area (Å²) in [4.78, 5) is 18.5. The van der Waals surface area contributed by atoms with Gasteiger partial charge in [0.1, 0.15) is 17.8 Å². The van der Waals surface area contributed by atoms with E-state index in [1.165, 1.54) is 12.1 Å². The van der Waals surface area contributed by atoms with E-state index in [-0.39, 0.29) is 17.6 Å². The predicted octanol–water partition coefficient (Wildman–Crippen LogP) is 2.70. The molecule has 0 spiro atoms. The van der Waals surface area contributed by atoms with Crippen molar-refractivity contribution in [3.05, 3.63) is 58.7 Å². The van der Waals surface area contributed by atoms with Crippen LogP contribution in [0, 0.1) is 5.82 Å². The maximum Gasteiger partial charge on any atom is 0.241 e. The molecule has 1 aromatic heterocycles. The molecule has 0 unspecified atom stereocenters. The van der Waals surface area contributed by atoms with E-state index < -0.39 is 18.1 Å². The van der Waals surface area contributed by atoms with Crippen molar-refractivity contribution in [1.29, 1.82) is 0 Å². The van der Waals surface area contributed by atoms with E-state index in [2.05, 4.69) is 4.98 Å². The highest BCUT2D eigenvalue weighted by Gasteiger charge is 2.40. The van der Waals surface area contributed by atoms with Crippen LogP contribution in [0.5, 0.6) is 0 Å². The number of benzene rings is 1. The number of carbonyl (C=O) groups is 1. The molecule has 27 heavy (non-hydrogen) atoms. The lowest BCUT2D eigenvalue weighted by Crippen LogP contribution is -2.34. The molecule has 0 radical (unpaired) electrons. The van der Waals surface area contributed by atoms with Crippen molar-refractivity contribution in [3.8, 4) is 0 Å². The number of aromatic nitrogens is 1. The SMILES string of the molecule is CC1(C)CN(C(=O)CCl)c2cc(Cc3ccc(F)cc3)c([C@@H](O)CO)nc21. The molecular weight excluding hydrogens is 371 g/mol. The molecule has 1 aromatic carbocycles. The van der Waals surface area contributed by atoms with Crippen LogP contribution < -0.4 is 4.90 Å². The third-order valence-electron chi connectivity index (χ3n) is 4.81. The molecule has 2 N–H and O–H groups in total. The van der Waals surface area contributed by atoms with Crippen LogP contribution in [0.25, 0.3) is 0 Å². The number of hydrogen-bond acceptors (Lipinski definition) is 4. The van der Waals surface area contributed by atoms with Gasteiger partial charge in [-0.25, -0.2) is 4.39 Å². The van der Waals surface area contributed by atoms with Crippen molar-refractivity contribution in [2.75, 3.05) is 23.9 Å². The van der Waals surface area contributed by atoms with Crippen molar-refractivity contribution in [1.82, 2.24) is 4.98 Å². The predicted molar refractivity (Wildman–Crippen MR) is 102 cm³/mol. The van der Waals surface area contributed by atoms with E-state index in [9.17, 15) is 19.4 Å². The first kappa shape index (κ1) is 19.7. The number of carbonyl (C=O) groups excluding carboxylic acids is 1. The minimum Gasteiger partial charge on any atom is -0.393 e. The molecule has 1 aliphatic rings. The van der Waals surface area contributed by atoms with Crippen molar-refractivity contribution >= 4 is 23.2 Å². The zero-order chi connectivity index (χ0) is 19.8. The summed E-state index contributed by atoms with van der Waals surface area (Å²) >= 11 is 5.76. The third-order valence-corrected chi connectivity index (χ3v) is 5.04. The number of fused-ring (bicyclic) bond motifs is 1. The van der Waals surface area contributed by atoms with Crippen LogP contribution >= 0.6 is 11.6 Å². The Bertz CT molecular complexity index is 855. The van der Waals surface area contributed by atoms with Gasteiger partial charge in [0.2, 0.25) is 5.91 Å². The van der Waals surface area contributed by atoms with Crippen LogP contribution in [-0.4, -0.2) is 40.1 Å². The van der Waals surface area contributed by atoms with Crippen LogP contribution in [0.2, 0.25) is 0 Å². The molecule has 2 aromatic rings. The van der Waals surface area contributed by atoms with Gasteiger partial charge in [0.15, 0.2) is 0 Å². The largest absolute Gasteiger partial charge is 0.393 e. The van der Waals surface area contributed by atoms with Gasteiger partial charge in [0, 0.05) is 12.0 Å². The Balaban J connectivity index is 2.11. The number of rotatable bonds is 5. The number of halogens is 2. The summed E-state index contributed by atoms with van der Waals surface area (Å²) in [6.07, 6.45) is -0.754. The first-order chi connectivity index (χ1) is 12.8. The Morgan fingerprint density at radius 2 is 2.04 bits per heavy atom. The van der Waals surface area contributed by atoms with E-state index >= 15 is 0 Å². The zero-order valence-electron chi connectivity index (χ0n) is 15.2. The Morgan fingerprint density at radius 3 is 2.63 bits per heavy atom. The molecule has 0 aliphatic carbocycles. The van der Waals surface area contributed by atoms with E-state index in [1.807, 2.05) is 19.9 Å². The van der Waals surface area contributed by atoms with Gasteiger partial charge in [0.05, 0.1) is 23.7 Å². The van der Waals surface area contributed by atoms with Crippen molar-refractivity contribution in [3.63, 3.8) is 0 Å². The monoisotopic (exact) mass is 392 g/mol. The first-order valence-corrected chi connectivity index (χ1v) is 9.24. The zero-order valence-corrected chi connectivity index (χ0v) is 16.0. The second kappa shape index (κ2) is 7.54. The molecule has 0 saturated carbocycles. The molecule has 3 rings (SSSR count). The molecule has 2 heterocycles. The van der Waals surface area contributed by atoms with Crippen LogP contribution in [0.3, 0.4) is 0 Å². The highest BCUT2D eigenvalue weighted by molar-refractivity contribution is 6.29. The highest BCUT2D eigenvalue weighted by Crippen LogP contribution is 2.41. The number of anilines is 1. The molecule has 0 bridgehead atoms. The van der Waals surface area contributed by atoms with E-state index in [0.717, 1.165) is 5.56 Å². The first-order valence-electron chi connectivity index (χ1n) is 8.71. The molecule has 0 saturated heterocycles. The fraction of sp³-hybridized carbons (Fsp3) is 0.400. The van der Waals surface area contributed by atoms with Crippen molar-refractivity contribution in [2.45, 2.75) is 31.8 Å². The van der Waals surface area contributed by atoms with Gasteiger partial charge in [-0.3, -0.25) is 9.78 Å². The number of aliphatic hydroxyl groups excluding tert-OH is 2. The lowest BCUT2D eigenvalue weighted by atomic mass is 9.90. The molecule has 1 aliphatic heterocycles. The highest BCUT2D eigenvalue weighted by atomic mass is 35.5. The standard InChI is InChI=1S/C20H22ClFN2O3/c1-20(2)11-24(17(27)9-21)15-8-13(7-12-3-5-14(22)6-4-12)18(16(26)10-25)23-19(15)20/h3-6,8,16,25-26H,7,9-11H2,1-2H3/t16-/m0/s1. The number of nitrogens with zero attached hydrogens (tertiary/aromatic N) is 2. The lowest BCUT2D eigenvalue weighted by Gasteiger charge is -2.19. The second-order valence-corrected chi connectivity index (χ2v) is 7.67. The fourth-order valence-corrected chi connectivity index (χ4v) is 3.59. The van der Waals surface area contributed by atoms with Crippen LogP contribution in [0.4, 0.5) is 10.1 Å². The summed E-state index contributed by atoms with van der Waals surface area (Å²) in [5.41, 5.74) is 2.82. The van der Waals surface area contributed by atoms with Crippen molar-refractivity contribution in [2.24, 2.45) is 0 Å².